The van der Waals surface area contributed by atoms with Gasteiger partial charge >= 0.3 is 0 Å². The summed E-state index contributed by atoms with van der Waals surface area (Å²) in [5.41, 5.74) is 3.26. The van der Waals surface area contributed by atoms with E-state index >= 15 is 0 Å². The van der Waals surface area contributed by atoms with Gasteiger partial charge in [-0.3, -0.25) is 0 Å². The molecule has 0 saturated carbocycles. The highest BCUT2D eigenvalue weighted by Gasteiger charge is 2.09. The van der Waals surface area contributed by atoms with Gasteiger partial charge in [0.1, 0.15) is 6.29 Å². The van der Waals surface area contributed by atoms with Crippen molar-refractivity contribution in [3.63, 3.8) is 0 Å². The number of aldehydes is 1. The summed E-state index contributed by atoms with van der Waals surface area (Å²) in [5.74, 6) is 0. The van der Waals surface area contributed by atoms with Crippen LogP contribution in [0.5, 0.6) is 0 Å². The SMILES string of the molecule is O=CCc1cn(Cc2ccccc2Cl)c2ccccc12. The van der Waals surface area contributed by atoms with Crippen molar-refractivity contribution in [2.24, 2.45) is 0 Å². The minimum Gasteiger partial charge on any atom is -0.343 e. The average molecular weight is 284 g/mol. The third-order valence-corrected chi connectivity index (χ3v) is 3.84. The van der Waals surface area contributed by atoms with Crippen molar-refractivity contribution in [3.8, 4) is 0 Å². The van der Waals surface area contributed by atoms with Gasteiger partial charge in [0.2, 0.25) is 0 Å². The second-order valence-electron chi connectivity index (χ2n) is 4.76. The van der Waals surface area contributed by atoms with Crippen LogP contribution in [0.25, 0.3) is 10.9 Å². The molecule has 3 rings (SSSR count). The second kappa shape index (κ2) is 5.51. The number of rotatable bonds is 4. The molecular formula is C17H14ClNO. The topological polar surface area (TPSA) is 22.0 Å². The van der Waals surface area contributed by atoms with Crippen LogP contribution in [0.1, 0.15) is 11.1 Å². The zero-order valence-corrected chi connectivity index (χ0v) is 11.7. The zero-order valence-electron chi connectivity index (χ0n) is 10.9. The van der Waals surface area contributed by atoms with Gasteiger partial charge < -0.3 is 9.36 Å². The Kier molecular flexibility index (Phi) is 3.57. The Morgan fingerprint density at radius 1 is 1.00 bits per heavy atom. The maximum Gasteiger partial charge on any atom is 0.124 e. The van der Waals surface area contributed by atoms with Crippen molar-refractivity contribution >= 4 is 28.8 Å². The van der Waals surface area contributed by atoms with E-state index in [1.165, 1.54) is 0 Å². The van der Waals surface area contributed by atoms with Crippen LogP contribution in [0, 0.1) is 0 Å². The minimum absolute atomic E-state index is 0.441. The van der Waals surface area contributed by atoms with Crippen molar-refractivity contribution < 1.29 is 4.79 Å². The Bertz CT molecular complexity index is 761. The number of aromatic nitrogens is 1. The van der Waals surface area contributed by atoms with Crippen LogP contribution in [-0.4, -0.2) is 10.9 Å². The van der Waals surface area contributed by atoms with Gasteiger partial charge in [-0.05, 0) is 23.3 Å². The number of halogens is 1. The molecule has 0 aliphatic heterocycles. The molecule has 1 heterocycles. The van der Waals surface area contributed by atoms with E-state index in [0.717, 1.165) is 33.3 Å². The van der Waals surface area contributed by atoms with Gasteiger partial charge in [-0.25, -0.2) is 0 Å². The molecule has 3 heteroatoms. The normalized spacial score (nSPS) is 10.8. The summed E-state index contributed by atoms with van der Waals surface area (Å²) in [6.07, 6.45) is 3.43. The van der Waals surface area contributed by atoms with E-state index in [1.54, 1.807) is 0 Å². The van der Waals surface area contributed by atoms with Gasteiger partial charge in [-0.2, -0.15) is 0 Å². The number of nitrogens with zero attached hydrogens (tertiary/aromatic N) is 1. The number of fused-ring (bicyclic) bond motifs is 1. The molecule has 20 heavy (non-hydrogen) atoms. The van der Waals surface area contributed by atoms with Crippen LogP contribution in [0.3, 0.4) is 0 Å². The molecule has 1 aromatic heterocycles. The Morgan fingerprint density at radius 3 is 2.55 bits per heavy atom. The van der Waals surface area contributed by atoms with Crippen molar-refractivity contribution in [1.82, 2.24) is 4.57 Å². The minimum atomic E-state index is 0.441. The molecule has 0 saturated heterocycles. The first kappa shape index (κ1) is 12.9. The highest BCUT2D eigenvalue weighted by Crippen LogP contribution is 2.24. The van der Waals surface area contributed by atoms with E-state index in [2.05, 4.69) is 16.7 Å². The van der Waals surface area contributed by atoms with E-state index in [1.807, 2.05) is 42.6 Å². The lowest BCUT2D eigenvalue weighted by Crippen LogP contribution is -1.98. The van der Waals surface area contributed by atoms with E-state index < -0.39 is 0 Å². The number of carbonyl (C=O) groups excluding carboxylic acids is 1. The predicted octanol–water partition coefficient (Wildman–Crippen LogP) is 4.08. The number of para-hydroxylation sites is 1. The molecule has 2 nitrogen and oxygen atoms in total. The Hall–Kier alpha value is -2.06. The van der Waals surface area contributed by atoms with Crippen molar-refractivity contribution in [1.29, 1.82) is 0 Å². The van der Waals surface area contributed by atoms with E-state index in [9.17, 15) is 4.79 Å². The van der Waals surface area contributed by atoms with Crippen LogP contribution >= 0.6 is 11.6 Å². The average Bonchev–Trinajstić information content (AvgIpc) is 2.81. The van der Waals surface area contributed by atoms with Crippen molar-refractivity contribution in [2.75, 3.05) is 0 Å². The Labute approximate surface area is 122 Å². The summed E-state index contributed by atoms with van der Waals surface area (Å²) >= 11 is 6.22. The summed E-state index contributed by atoms with van der Waals surface area (Å²) in [5, 5.41) is 1.90. The fourth-order valence-corrected chi connectivity index (χ4v) is 2.71. The van der Waals surface area contributed by atoms with Crippen LogP contribution in [0.4, 0.5) is 0 Å². The molecular weight excluding hydrogens is 270 g/mol. The summed E-state index contributed by atoms with van der Waals surface area (Å²) in [4.78, 5) is 10.8. The molecule has 0 aliphatic rings. The van der Waals surface area contributed by atoms with Crippen LogP contribution in [-0.2, 0) is 17.8 Å². The summed E-state index contributed by atoms with van der Waals surface area (Å²) in [7, 11) is 0. The molecule has 0 N–H and O–H groups in total. The predicted molar refractivity (Wildman–Crippen MR) is 82.3 cm³/mol. The molecule has 0 atom stereocenters. The van der Waals surface area contributed by atoms with E-state index in [4.69, 9.17) is 11.6 Å². The Balaban J connectivity index is 2.08. The highest BCUT2D eigenvalue weighted by atomic mass is 35.5. The number of benzene rings is 2. The first-order valence-electron chi connectivity index (χ1n) is 6.53. The molecule has 2 aromatic carbocycles. The summed E-state index contributed by atoms with van der Waals surface area (Å²) < 4.78 is 2.15. The van der Waals surface area contributed by atoms with Gasteiger partial charge in [-0.15, -0.1) is 0 Å². The number of hydrogen-bond acceptors (Lipinski definition) is 1. The number of hydrogen-bond donors (Lipinski definition) is 0. The van der Waals surface area contributed by atoms with Gasteiger partial charge in [0, 0.05) is 35.1 Å². The molecule has 0 radical (unpaired) electrons. The molecule has 0 aliphatic carbocycles. The quantitative estimate of drug-likeness (QED) is 0.661. The molecule has 0 bridgehead atoms. The lowest BCUT2D eigenvalue weighted by Gasteiger charge is -2.07. The second-order valence-corrected chi connectivity index (χ2v) is 5.17. The first-order valence-corrected chi connectivity index (χ1v) is 6.91. The van der Waals surface area contributed by atoms with Gasteiger partial charge in [-0.1, -0.05) is 48.0 Å². The maximum atomic E-state index is 10.8. The van der Waals surface area contributed by atoms with Gasteiger partial charge in [0.25, 0.3) is 0 Å². The van der Waals surface area contributed by atoms with Crippen molar-refractivity contribution in [3.05, 3.63) is 70.9 Å². The van der Waals surface area contributed by atoms with Gasteiger partial charge in [0.15, 0.2) is 0 Å². The van der Waals surface area contributed by atoms with E-state index in [0.29, 0.717) is 13.0 Å². The lowest BCUT2D eigenvalue weighted by atomic mass is 10.1. The molecule has 0 unspecified atom stereocenters. The van der Waals surface area contributed by atoms with Crippen molar-refractivity contribution in [2.45, 2.75) is 13.0 Å². The first-order chi connectivity index (χ1) is 9.79. The monoisotopic (exact) mass is 283 g/mol. The number of carbonyl (C=O) groups is 1. The fraction of sp³-hybridized carbons (Fsp3) is 0.118. The smallest absolute Gasteiger partial charge is 0.124 e. The standard InChI is InChI=1S/C17H14ClNO/c18-16-7-3-1-5-14(16)12-19-11-13(9-10-20)15-6-2-4-8-17(15)19/h1-8,10-11H,9,12H2. The van der Waals surface area contributed by atoms with Crippen LogP contribution < -0.4 is 0 Å². The van der Waals surface area contributed by atoms with E-state index in [-0.39, 0.29) is 0 Å². The van der Waals surface area contributed by atoms with Crippen LogP contribution in [0.2, 0.25) is 5.02 Å². The molecule has 0 amide bonds. The van der Waals surface area contributed by atoms with Gasteiger partial charge in [0.05, 0.1) is 0 Å². The highest BCUT2D eigenvalue weighted by molar-refractivity contribution is 6.31. The molecule has 0 spiro atoms. The molecule has 3 aromatic rings. The fourth-order valence-electron chi connectivity index (χ4n) is 2.52. The Morgan fingerprint density at radius 2 is 1.75 bits per heavy atom. The lowest BCUT2D eigenvalue weighted by molar-refractivity contribution is -0.107. The maximum absolute atomic E-state index is 10.8. The summed E-state index contributed by atoms with van der Waals surface area (Å²) in [6.45, 7) is 0.707. The molecule has 100 valence electrons. The summed E-state index contributed by atoms with van der Waals surface area (Å²) in [6, 6.07) is 16.0. The largest absolute Gasteiger partial charge is 0.343 e. The molecule has 0 fully saturated rings. The third-order valence-electron chi connectivity index (χ3n) is 3.47. The van der Waals surface area contributed by atoms with Crippen LogP contribution in [0.15, 0.2) is 54.7 Å². The zero-order chi connectivity index (χ0) is 13.9. The third kappa shape index (κ3) is 2.35.